The maximum atomic E-state index is 12.8. The Morgan fingerprint density at radius 3 is 1.27 bits per heavy atom. The zero-order valence-electron chi connectivity index (χ0n) is 37.3. The second-order valence-corrected chi connectivity index (χ2v) is 18.9. The van der Waals surface area contributed by atoms with E-state index < -0.39 is 20.0 Å². The molecule has 0 aliphatic heterocycles. The number of urea groups is 1. The zero-order chi connectivity index (χ0) is 40.7. The van der Waals surface area contributed by atoms with Crippen LogP contribution < -0.4 is 10.6 Å². The van der Waals surface area contributed by atoms with Crippen LogP contribution in [0.25, 0.3) is 0 Å². The van der Waals surface area contributed by atoms with E-state index in [1.54, 1.807) is 0 Å². The van der Waals surface area contributed by atoms with Crippen molar-refractivity contribution in [2.75, 3.05) is 60.6 Å². The normalized spacial score (nSPS) is 13.6. The Hall–Kier alpha value is -0.700. The van der Waals surface area contributed by atoms with E-state index in [-0.39, 0.29) is 19.8 Å². The van der Waals surface area contributed by atoms with Crippen LogP contribution in [0.1, 0.15) is 219 Å². The minimum Gasteiger partial charge on any atom is -0.756 e. The van der Waals surface area contributed by atoms with Gasteiger partial charge < -0.3 is 33.8 Å². The molecule has 0 aliphatic rings. The predicted molar refractivity (Wildman–Crippen MR) is 232 cm³/mol. The number of nitrogens with two attached hydrogens (primary N) is 1. The molecule has 330 valence electrons. The first-order valence-corrected chi connectivity index (χ1v) is 25.0. The van der Waals surface area contributed by atoms with Crippen LogP contribution in [0.4, 0.5) is 4.79 Å². The van der Waals surface area contributed by atoms with Gasteiger partial charge in [0.25, 0.3) is 7.82 Å². The highest BCUT2D eigenvalue weighted by Crippen LogP contribution is 2.40. The highest BCUT2D eigenvalue weighted by atomic mass is 31.2. The minimum absolute atomic E-state index is 0.0236. The summed E-state index contributed by atoms with van der Waals surface area (Å²) < 4.78 is 29.9. The summed E-state index contributed by atoms with van der Waals surface area (Å²) in [5.74, 6) is 0. The maximum absolute atomic E-state index is 12.8. The highest BCUT2D eigenvalue weighted by molar-refractivity contribution is 7.45. The molecule has 2 amide bonds. The summed E-state index contributed by atoms with van der Waals surface area (Å²) in [6, 6.07) is -0.571. The summed E-state index contributed by atoms with van der Waals surface area (Å²) in [7, 11) is 1.31. The average molecular weight is 804 g/mol. The third-order valence-corrected chi connectivity index (χ3v) is 11.8. The standard InChI is InChI=1S/C45H94N3O6P/c1-6-8-10-12-14-16-18-20-22-23-24-25-27-29-31-33-35-37-40-52-43-44(54-55(50,51)53-41-39-48(3,4)5)42-47(45(46)49)38-36-34-32-30-28-26-21-19-17-15-13-11-9-7-2/h44H,6-43H2,1-5H3,(H2-,46,49,50,51). The Labute approximate surface area is 342 Å². The summed E-state index contributed by atoms with van der Waals surface area (Å²) in [5.41, 5.74) is 5.75. The lowest BCUT2D eigenvalue weighted by molar-refractivity contribution is -0.870. The molecule has 0 saturated carbocycles. The molecule has 0 aliphatic carbocycles. The van der Waals surface area contributed by atoms with E-state index >= 15 is 0 Å². The van der Waals surface area contributed by atoms with Gasteiger partial charge in [-0.05, 0) is 12.8 Å². The second kappa shape index (κ2) is 38.8. The number of quaternary nitrogens is 1. The van der Waals surface area contributed by atoms with Crippen molar-refractivity contribution in [3.05, 3.63) is 0 Å². The van der Waals surface area contributed by atoms with E-state index in [0.29, 0.717) is 24.2 Å². The number of carbonyl (C=O) groups is 1. The molecular formula is C45H94N3O6P. The predicted octanol–water partition coefficient (Wildman–Crippen LogP) is 12.5. The fourth-order valence-corrected chi connectivity index (χ4v) is 7.97. The van der Waals surface area contributed by atoms with Crippen molar-refractivity contribution in [3.8, 4) is 0 Å². The first-order valence-electron chi connectivity index (χ1n) is 23.6. The fraction of sp³-hybridized carbons (Fsp3) is 0.978. The van der Waals surface area contributed by atoms with Gasteiger partial charge in [-0.1, -0.05) is 206 Å². The van der Waals surface area contributed by atoms with Crippen LogP contribution in [0.2, 0.25) is 0 Å². The van der Waals surface area contributed by atoms with Crippen molar-refractivity contribution in [2.24, 2.45) is 5.73 Å². The number of amides is 2. The van der Waals surface area contributed by atoms with Gasteiger partial charge in [0.1, 0.15) is 19.3 Å². The van der Waals surface area contributed by atoms with Crippen LogP contribution in [0.5, 0.6) is 0 Å². The Morgan fingerprint density at radius 1 is 0.582 bits per heavy atom. The number of nitrogens with zero attached hydrogens (tertiary/aromatic N) is 2. The van der Waals surface area contributed by atoms with E-state index in [9.17, 15) is 14.3 Å². The number of hydrogen-bond donors (Lipinski definition) is 1. The number of likely N-dealkylation sites (N-methyl/N-ethyl adjacent to an activating group) is 1. The monoisotopic (exact) mass is 804 g/mol. The van der Waals surface area contributed by atoms with Crippen LogP contribution in [0, 0.1) is 0 Å². The zero-order valence-corrected chi connectivity index (χ0v) is 38.2. The number of rotatable bonds is 44. The molecule has 0 aromatic rings. The first-order chi connectivity index (χ1) is 26.5. The molecule has 2 atom stereocenters. The van der Waals surface area contributed by atoms with E-state index in [1.807, 2.05) is 21.1 Å². The molecule has 0 saturated heterocycles. The molecule has 9 nitrogen and oxygen atoms in total. The number of carbonyl (C=O) groups excluding carboxylic acids is 1. The highest BCUT2D eigenvalue weighted by Gasteiger charge is 2.24. The van der Waals surface area contributed by atoms with Crippen molar-refractivity contribution in [1.82, 2.24) is 4.90 Å². The summed E-state index contributed by atoms with van der Waals surface area (Å²) in [4.78, 5) is 26.6. The number of primary amides is 1. The Bertz CT molecular complexity index is 874. The van der Waals surface area contributed by atoms with Crippen LogP contribution in [0.3, 0.4) is 0 Å². The third-order valence-electron chi connectivity index (χ3n) is 10.8. The number of unbranched alkanes of at least 4 members (excludes halogenated alkanes) is 30. The maximum Gasteiger partial charge on any atom is 0.314 e. The summed E-state index contributed by atoms with van der Waals surface area (Å²) in [5, 5.41) is 0. The molecule has 0 heterocycles. The second-order valence-electron chi connectivity index (χ2n) is 17.5. The fourth-order valence-electron chi connectivity index (χ4n) is 7.11. The molecule has 10 heteroatoms. The van der Waals surface area contributed by atoms with E-state index in [2.05, 4.69) is 13.8 Å². The van der Waals surface area contributed by atoms with E-state index in [4.69, 9.17) is 19.5 Å². The van der Waals surface area contributed by atoms with Crippen LogP contribution in [-0.4, -0.2) is 82.1 Å². The quantitative estimate of drug-likeness (QED) is 0.0373. The van der Waals surface area contributed by atoms with Gasteiger partial charge in [-0.3, -0.25) is 4.57 Å². The third kappa shape index (κ3) is 41.3. The molecular weight excluding hydrogens is 709 g/mol. The summed E-state index contributed by atoms with van der Waals surface area (Å²) >= 11 is 0. The van der Waals surface area contributed by atoms with Crippen LogP contribution >= 0.6 is 7.82 Å². The number of ether oxygens (including phenoxy) is 1. The number of phosphoric ester groups is 1. The summed E-state index contributed by atoms with van der Waals surface area (Å²) in [6.45, 7) is 6.20. The molecule has 0 radical (unpaired) electrons. The lowest BCUT2D eigenvalue weighted by Crippen LogP contribution is -2.44. The molecule has 2 N–H and O–H groups in total. The number of phosphoric acid groups is 1. The van der Waals surface area contributed by atoms with Gasteiger partial charge in [-0.15, -0.1) is 0 Å². The van der Waals surface area contributed by atoms with Crippen LogP contribution in [0.15, 0.2) is 0 Å². The van der Waals surface area contributed by atoms with Crippen molar-refractivity contribution in [3.63, 3.8) is 0 Å². The summed E-state index contributed by atoms with van der Waals surface area (Å²) in [6.07, 6.45) is 40.5. The van der Waals surface area contributed by atoms with Gasteiger partial charge in [-0.25, -0.2) is 4.79 Å². The molecule has 2 unspecified atom stereocenters. The van der Waals surface area contributed by atoms with Crippen molar-refractivity contribution in [1.29, 1.82) is 0 Å². The molecule has 0 bridgehead atoms. The Kier molecular flexibility index (Phi) is 38.3. The van der Waals surface area contributed by atoms with Crippen molar-refractivity contribution in [2.45, 2.75) is 225 Å². The molecule has 0 aromatic carbocycles. The molecule has 0 spiro atoms. The van der Waals surface area contributed by atoms with Crippen molar-refractivity contribution >= 4 is 13.9 Å². The van der Waals surface area contributed by atoms with Crippen LogP contribution in [-0.2, 0) is 18.3 Å². The largest absolute Gasteiger partial charge is 0.756 e. The van der Waals surface area contributed by atoms with Gasteiger partial charge in [0, 0.05) is 13.2 Å². The average Bonchev–Trinajstić information content (AvgIpc) is 3.12. The molecule has 0 fully saturated rings. The smallest absolute Gasteiger partial charge is 0.314 e. The number of hydrogen-bond acceptors (Lipinski definition) is 6. The molecule has 0 aromatic heterocycles. The van der Waals surface area contributed by atoms with Gasteiger partial charge >= 0.3 is 6.03 Å². The molecule has 0 rings (SSSR count). The lowest BCUT2D eigenvalue weighted by atomic mass is 10.0. The molecule has 55 heavy (non-hydrogen) atoms. The minimum atomic E-state index is -4.60. The SMILES string of the molecule is CCCCCCCCCCCCCCCCCCCCOCC(CN(CCCCCCCCCCCCCCCC)C(N)=O)OP(=O)([O-])OCC[N+](C)(C)C. The Balaban J connectivity index is 4.34. The van der Waals surface area contributed by atoms with E-state index in [1.165, 1.54) is 178 Å². The van der Waals surface area contributed by atoms with Crippen molar-refractivity contribution < 1.29 is 32.5 Å². The topological polar surface area (TPSA) is 114 Å². The lowest BCUT2D eigenvalue weighted by Gasteiger charge is -2.32. The van der Waals surface area contributed by atoms with Gasteiger partial charge in [-0.2, -0.15) is 0 Å². The van der Waals surface area contributed by atoms with Gasteiger partial charge in [0.15, 0.2) is 0 Å². The van der Waals surface area contributed by atoms with Gasteiger partial charge in [0.2, 0.25) is 0 Å². The first kappa shape index (κ1) is 54.3. The Morgan fingerprint density at radius 2 is 0.927 bits per heavy atom. The van der Waals surface area contributed by atoms with E-state index in [0.717, 1.165) is 32.1 Å². The van der Waals surface area contributed by atoms with Gasteiger partial charge in [0.05, 0.1) is 34.3 Å².